The molecule has 2 N–H and O–H groups in total. The molecule has 1 aliphatic rings. The summed E-state index contributed by atoms with van der Waals surface area (Å²) in [5, 5.41) is 6.01. The van der Waals surface area contributed by atoms with Crippen LogP contribution in [0.15, 0.2) is 34.7 Å². The molecule has 1 amide bonds. The minimum Gasteiger partial charge on any atom is -0.495 e. The van der Waals surface area contributed by atoms with Gasteiger partial charge in [-0.1, -0.05) is 11.6 Å². The van der Waals surface area contributed by atoms with Gasteiger partial charge in [0.05, 0.1) is 7.11 Å². The first-order valence-corrected chi connectivity index (χ1v) is 11.0. The molecule has 28 heavy (non-hydrogen) atoms. The van der Waals surface area contributed by atoms with Crippen LogP contribution in [-0.2, 0) is 14.8 Å². The van der Waals surface area contributed by atoms with E-state index in [1.54, 1.807) is 19.1 Å². The molecule has 0 saturated heterocycles. The van der Waals surface area contributed by atoms with E-state index in [2.05, 4.69) is 16.7 Å². The Hall–Kier alpha value is -2.06. The zero-order valence-electron chi connectivity index (χ0n) is 17.1. The zero-order chi connectivity index (χ0) is 20.7. The van der Waals surface area contributed by atoms with Gasteiger partial charge in [-0.05, 0) is 57.2 Å². The van der Waals surface area contributed by atoms with Gasteiger partial charge in [-0.3, -0.25) is 4.79 Å². The topological polar surface area (TPSA) is 87.7 Å². The molecule has 156 valence electrons. The number of carbonyl (C=O) groups is 1. The Labute approximate surface area is 168 Å². The summed E-state index contributed by atoms with van der Waals surface area (Å²) in [6, 6.07) is 4.28. The highest BCUT2D eigenvalue weighted by atomic mass is 32.2. The molecule has 0 aromatic heterocycles. The average Bonchev–Trinajstić information content (AvgIpc) is 2.68. The van der Waals surface area contributed by atoms with E-state index in [1.165, 1.54) is 45.7 Å². The van der Waals surface area contributed by atoms with E-state index in [9.17, 15) is 13.2 Å². The lowest BCUT2D eigenvalue weighted by Gasteiger charge is -2.19. The van der Waals surface area contributed by atoms with Gasteiger partial charge >= 0.3 is 0 Å². The van der Waals surface area contributed by atoms with Crippen molar-refractivity contribution in [3.05, 3.63) is 29.8 Å². The van der Waals surface area contributed by atoms with Gasteiger partial charge in [-0.25, -0.2) is 12.7 Å². The number of hydrogen-bond donors (Lipinski definition) is 2. The van der Waals surface area contributed by atoms with Crippen LogP contribution >= 0.6 is 0 Å². The number of rotatable bonds is 9. The zero-order valence-corrected chi connectivity index (χ0v) is 17.9. The lowest BCUT2D eigenvalue weighted by Crippen LogP contribution is -2.38. The molecule has 8 heteroatoms. The van der Waals surface area contributed by atoms with Crippen LogP contribution in [0.5, 0.6) is 5.75 Å². The maximum absolute atomic E-state index is 12.5. The van der Waals surface area contributed by atoms with Crippen molar-refractivity contribution in [1.82, 2.24) is 9.62 Å². The predicted octanol–water partition coefficient (Wildman–Crippen LogP) is 2.75. The first kappa shape index (κ1) is 22.2. The summed E-state index contributed by atoms with van der Waals surface area (Å²) in [5.41, 5.74) is 1.96. The van der Waals surface area contributed by atoms with E-state index in [0.717, 1.165) is 23.6 Å². The van der Waals surface area contributed by atoms with Crippen LogP contribution in [0, 0.1) is 0 Å². The molecular formula is C20H31N3O4S. The molecule has 0 aliphatic heterocycles. The first-order valence-electron chi connectivity index (χ1n) is 9.58. The van der Waals surface area contributed by atoms with Crippen LogP contribution in [0.4, 0.5) is 5.69 Å². The number of nitrogens with zero attached hydrogens (tertiary/aromatic N) is 1. The van der Waals surface area contributed by atoms with Crippen LogP contribution in [-0.4, -0.2) is 52.4 Å². The van der Waals surface area contributed by atoms with Gasteiger partial charge in [0.1, 0.15) is 16.7 Å². The lowest BCUT2D eigenvalue weighted by molar-refractivity contribution is -0.121. The van der Waals surface area contributed by atoms with E-state index < -0.39 is 16.1 Å². The van der Waals surface area contributed by atoms with Gasteiger partial charge in [0.15, 0.2) is 0 Å². The normalized spacial score (nSPS) is 15.7. The number of anilines is 1. The molecule has 1 aromatic carbocycles. The van der Waals surface area contributed by atoms with Crippen LogP contribution in [0.3, 0.4) is 0 Å². The number of nitrogens with one attached hydrogen (secondary N) is 2. The van der Waals surface area contributed by atoms with Crippen LogP contribution in [0.25, 0.3) is 0 Å². The van der Waals surface area contributed by atoms with Crippen molar-refractivity contribution < 1.29 is 17.9 Å². The second kappa shape index (κ2) is 9.93. The van der Waals surface area contributed by atoms with Crippen molar-refractivity contribution in [3.8, 4) is 5.75 Å². The number of carbonyl (C=O) groups excluding carboxylic acids is 1. The monoisotopic (exact) mass is 409 g/mol. The molecule has 1 unspecified atom stereocenters. The molecule has 0 radical (unpaired) electrons. The van der Waals surface area contributed by atoms with Crippen molar-refractivity contribution >= 4 is 21.6 Å². The summed E-state index contributed by atoms with van der Waals surface area (Å²) in [6.45, 7) is 2.36. The summed E-state index contributed by atoms with van der Waals surface area (Å²) in [4.78, 5) is 12.4. The number of benzene rings is 1. The highest BCUT2D eigenvalue weighted by Crippen LogP contribution is 2.29. The molecule has 0 bridgehead atoms. The van der Waals surface area contributed by atoms with Gasteiger partial charge in [0.25, 0.3) is 0 Å². The summed E-state index contributed by atoms with van der Waals surface area (Å²) in [5.74, 6) is 0.140. The quantitative estimate of drug-likeness (QED) is 0.613. The number of allylic oxidation sites excluding steroid dienone is 1. The smallest absolute Gasteiger partial charge is 0.246 e. The van der Waals surface area contributed by atoms with E-state index in [4.69, 9.17) is 4.74 Å². The Balaban J connectivity index is 1.99. The maximum atomic E-state index is 12.5. The third kappa shape index (κ3) is 5.72. The summed E-state index contributed by atoms with van der Waals surface area (Å²) < 4.78 is 31.3. The van der Waals surface area contributed by atoms with Crippen molar-refractivity contribution in [3.63, 3.8) is 0 Å². The first-order chi connectivity index (χ1) is 13.3. The number of hydrogen-bond acceptors (Lipinski definition) is 5. The molecule has 0 heterocycles. The molecule has 0 spiro atoms. The Bertz CT molecular complexity index is 819. The summed E-state index contributed by atoms with van der Waals surface area (Å²) >= 11 is 0. The lowest BCUT2D eigenvalue weighted by atomic mass is 9.97. The molecule has 1 aromatic rings. The fourth-order valence-electron chi connectivity index (χ4n) is 3.11. The number of methoxy groups -OCH3 is 1. The van der Waals surface area contributed by atoms with E-state index in [1.807, 2.05) is 0 Å². The van der Waals surface area contributed by atoms with Crippen LogP contribution in [0.1, 0.15) is 39.0 Å². The van der Waals surface area contributed by atoms with Crippen LogP contribution in [0.2, 0.25) is 0 Å². The average molecular weight is 410 g/mol. The van der Waals surface area contributed by atoms with Gasteiger partial charge in [-0.2, -0.15) is 0 Å². The SMILES string of the molecule is COc1ccc(NC(C)C(=O)NCCC2=CCCCC2)cc1S(=O)(=O)N(C)C. The molecule has 7 nitrogen and oxygen atoms in total. The Morgan fingerprint density at radius 3 is 2.64 bits per heavy atom. The molecule has 0 fully saturated rings. The van der Waals surface area contributed by atoms with E-state index >= 15 is 0 Å². The van der Waals surface area contributed by atoms with Gasteiger partial charge in [0, 0.05) is 26.3 Å². The van der Waals surface area contributed by atoms with Crippen molar-refractivity contribution in [2.75, 3.05) is 33.1 Å². The Morgan fingerprint density at radius 1 is 1.29 bits per heavy atom. The molecule has 0 saturated carbocycles. The highest BCUT2D eigenvalue weighted by Gasteiger charge is 2.23. The molecular weight excluding hydrogens is 378 g/mol. The maximum Gasteiger partial charge on any atom is 0.246 e. The highest BCUT2D eigenvalue weighted by molar-refractivity contribution is 7.89. The van der Waals surface area contributed by atoms with Gasteiger partial charge in [0.2, 0.25) is 15.9 Å². The number of sulfonamides is 1. The van der Waals surface area contributed by atoms with E-state index in [0.29, 0.717) is 12.2 Å². The second-order valence-corrected chi connectivity index (χ2v) is 9.29. The number of amides is 1. The summed E-state index contributed by atoms with van der Waals surface area (Å²) in [6.07, 6.45) is 7.90. The van der Waals surface area contributed by atoms with Crippen molar-refractivity contribution in [1.29, 1.82) is 0 Å². The largest absolute Gasteiger partial charge is 0.495 e. The van der Waals surface area contributed by atoms with Gasteiger partial charge in [-0.15, -0.1) is 0 Å². The molecule has 1 aliphatic carbocycles. The fraction of sp³-hybridized carbons (Fsp3) is 0.550. The predicted molar refractivity (Wildman–Crippen MR) is 111 cm³/mol. The van der Waals surface area contributed by atoms with Crippen LogP contribution < -0.4 is 15.4 Å². The third-order valence-corrected chi connectivity index (χ3v) is 6.67. The second-order valence-electron chi connectivity index (χ2n) is 7.17. The minimum absolute atomic E-state index is 0.0573. The Morgan fingerprint density at radius 2 is 2.04 bits per heavy atom. The third-order valence-electron chi connectivity index (χ3n) is 4.83. The number of ether oxygens (including phenoxy) is 1. The van der Waals surface area contributed by atoms with Crippen molar-refractivity contribution in [2.24, 2.45) is 0 Å². The summed E-state index contributed by atoms with van der Waals surface area (Å²) in [7, 11) is 0.692. The minimum atomic E-state index is -3.66. The standard InChI is InChI=1S/C20H31N3O4S/c1-15(20(24)21-13-12-16-8-6-5-7-9-16)22-17-10-11-18(27-4)19(14-17)28(25,26)23(2)3/h8,10-11,14-15,22H,5-7,9,12-13H2,1-4H3,(H,21,24). The molecule has 2 rings (SSSR count). The van der Waals surface area contributed by atoms with Gasteiger partial charge < -0.3 is 15.4 Å². The van der Waals surface area contributed by atoms with E-state index in [-0.39, 0.29) is 16.6 Å². The molecule has 1 atom stereocenters. The Kier molecular flexibility index (Phi) is 7.88. The van der Waals surface area contributed by atoms with Crippen molar-refractivity contribution in [2.45, 2.75) is 50.0 Å². The fourth-order valence-corrected chi connectivity index (χ4v) is 4.19.